The number of allylic oxidation sites excluding steroid dienone is 2. The van der Waals surface area contributed by atoms with Crippen LogP contribution in [0.25, 0.3) is 10.9 Å². The van der Waals surface area contributed by atoms with E-state index in [0.29, 0.717) is 18.6 Å². The highest BCUT2D eigenvalue weighted by Crippen LogP contribution is 2.29. The summed E-state index contributed by atoms with van der Waals surface area (Å²) in [4.78, 5) is 42.1. The first-order valence-electron chi connectivity index (χ1n) is 10.8. The summed E-state index contributed by atoms with van der Waals surface area (Å²) in [5.41, 5.74) is 6.16. The van der Waals surface area contributed by atoms with Gasteiger partial charge in [-0.05, 0) is 43.2 Å². The van der Waals surface area contributed by atoms with Crippen LogP contribution in [0, 0.1) is 0 Å². The number of nitrogens with one attached hydrogen (secondary N) is 2. The van der Waals surface area contributed by atoms with E-state index in [1.165, 1.54) is 5.56 Å². The van der Waals surface area contributed by atoms with E-state index in [1.54, 1.807) is 6.20 Å². The van der Waals surface area contributed by atoms with E-state index in [1.807, 2.05) is 18.2 Å². The fraction of sp³-hybridized carbons (Fsp3) is 0.375. The molecule has 0 saturated carbocycles. The van der Waals surface area contributed by atoms with E-state index in [-0.39, 0.29) is 18.9 Å². The summed E-state index contributed by atoms with van der Waals surface area (Å²) in [7, 11) is 0. The average Bonchev–Trinajstić information content (AvgIpc) is 3.17. The average molecular weight is 421 g/mol. The van der Waals surface area contributed by atoms with E-state index >= 15 is 0 Å². The maximum Gasteiger partial charge on any atom is 0.292 e. The molecule has 2 aliphatic rings. The second-order valence-corrected chi connectivity index (χ2v) is 7.91. The van der Waals surface area contributed by atoms with Crippen molar-refractivity contribution >= 4 is 28.5 Å². The molecular formula is C24H27N3O4. The van der Waals surface area contributed by atoms with Crippen LogP contribution in [0.1, 0.15) is 48.0 Å². The van der Waals surface area contributed by atoms with Gasteiger partial charge in [0.2, 0.25) is 5.91 Å². The highest BCUT2D eigenvalue weighted by atomic mass is 16.6. The van der Waals surface area contributed by atoms with Crippen molar-refractivity contribution in [1.82, 2.24) is 15.4 Å². The highest BCUT2D eigenvalue weighted by molar-refractivity contribution is 6.45. The number of para-hydroxylation sites is 1. The van der Waals surface area contributed by atoms with Crippen LogP contribution in [0.2, 0.25) is 0 Å². The Morgan fingerprint density at radius 1 is 1.16 bits per heavy atom. The Bertz CT molecular complexity index is 1060. The molecule has 1 aliphatic carbocycles. The molecule has 2 amide bonds. The Morgan fingerprint density at radius 2 is 2.06 bits per heavy atom. The third-order valence-electron chi connectivity index (χ3n) is 5.64. The maximum absolute atomic E-state index is 12.7. The number of rotatable bonds is 9. The molecule has 0 fully saturated rings. The van der Waals surface area contributed by atoms with Gasteiger partial charge in [-0.25, -0.2) is 5.48 Å². The van der Waals surface area contributed by atoms with E-state index < -0.39 is 11.7 Å². The minimum atomic E-state index is -0.642. The number of hydroxylamine groups is 1. The molecule has 0 saturated heterocycles. The summed E-state index contributed by atoms with van der Waals surface area (Å²) >= 11 is 0. The molecule has 0 unspecified atom stereocenters. The molecule has 7 heteroatoms. The predicted octanol–water partition coefficient (Wildman–Crippen LogP) is 2.99. The molecule has 2 heterocycles. The zero-order chi connectivity index (χ0) is 21.6. The van der Waals surface area contributed by atoms with Crippen LogP contribution in [0.3, 0.4) is 0 Å². The molecule has 7 nitrogen and oxygen atoms in total. The molecular weight excluding hydrogens is 394 g/mol. The van der Waals surface area contributed by atoms with Crippen LogP contribution in [-0.2, 0) is 27.4 Å². The zero-order valence-corrected chi connectivity index (χ0v) is 17.5. The lowest BCUT2D eigenvalue weighted by atomic mass is 10.0. The molecule has 1 aromatic carbocycles. The van der Waals surface area contributed by atoms with Gasteiger partial charge in [0.05, 0.1) is 17.7 Å². The van der Waals surface area contributed by atoms with Crippen molar-refractivity contribution in [2.24, 2.45) is 0 Å². The molecule has 162 valence electrons. The van der Waals surface area contributed by atoms with Crippen LogP contribution >= 0.6 is 0 Å². The standard InChI is InChI=1S/C24H27N3O4/c28-21(26-31-16-17-7-2-1-3-8-17)12-5-13-25-24(30)23(29)20-15-27-14-6-10-18-9-4-11-19(20)22(18)27/h2,4,7-9,11,15H,1,3,5-6,10,12-14,16H2,(H,25,30)(H,26,28). The minimum absolute atomic E-state index is 0.200. The van der Waals surface area contributed by atoms with Gasteiger partial charge in [-0.3, -0.25) is 19.2 Å². The zero-order valence-electron chi connectivity index (χ0n) is 17.5. The number of Topliss-reactive ketones (excluding diaryl/α,β-unsaturated/α-hetero) is 1. The van der Waals surface area contributed by atoms with Crippen molar-refractivity contribution in [3.8, 4) is 0 Å². The Balaban J connectivity index is 1.22. The summed E-state index contributed by atoms with van der Waals surface area (Å²) in [6.07, 6.45) is 12.6. The van der Waals surface area contributed by atoms with Crippen molar-refractivity contribution in [3.63, 3.8) is 0 Å². The normalized spacial score (nSPS) is 14.9. The molecule has 2 N–H and O–H groups in total. The van der Waals surface area contributed by atoms with Gasteiger partial charge >= 0.3 is 0 Å². The molecule has 0 radical (unpaired) electrons. The van der Waals surface area contributed by atoms with Gasteiger partial charge in [0, 0.05) is 31.1 Å². The first kappa shape index (κ1) is 21.1. The van der Waals surface area contributed by atoms with Gasteiger partial charge in [0.25, 0.3) is 11.7 Å². The third-order valence-corrected chi connectivity index (χ3v) is 5.64. The monoisotopic (exact) mass is 421 g/mol. The van der Waals surface area contributed by atoms with Crippen molar-refractivity contribution in [1.29, 1.82) is 0 Å². The van der Waals surface area contributed by atoms with E-state index in [2.05, 4.69) is 33.6 Å². The molecule has 0 bridgehead atoms. The summed E-state index contributed by atoms with van der Waals surface area (Å²) < 4.78 is 2.07. The van der Waals surface area contributed by atoms with Crippen molar-refractivity contribution in [2.45, 2.75) is 45.1 Å². The summed E-state index contributed by atoms with van der Waals surface area (Å²) in [6, 6.07) is 5.90. The summed E-state index contributed by atoms with van der Waals surface area (Å²) in [5, 5.41) is 3.46. The molecule has 0 atom stereocenters. The molecule has 0 spiro atoms. The lowest BCUT2D eigenvalue weighted by molar-refractivity contribution is -0.132. The number of carbonyl (C=O) groups is 3. The summed E-state index contributed by atoms with van der Waals surface area (Å²) in [5.74, 6) is -1.43. The second-order valence-electron chi connectivity index (χ2n) is 7.91. The number of benzene rings is 1. The number of aryl methyl sites for hydroxylation is 2. The molecule has 31 heavy (non-hydrogen) atoms. The number of nitrogens with zero attached hydrogens (tertiary/aromatic N) is 1. The Hall–Kier alpha value is -3.19. The second kappa shape index (κ2) is 9.75. The minimum Gasteiger partial charge on any atom is -0.349 e. The predicted molar refractivity (Wildman–Crippen MR) is 117 cm³/mol. The Kier molecular flexibility index (Phi) is 6.62. The van der Waals surface area contributed by atoms with E-state index in [4.69, 9.17) is 4.84 Å². The largest absolute Gasteiger partial charge is 0.349 e. The molecule has 4 rings (SSSR count). The van der Waals surface area contributed by atoms with Crippen LogP contribution in [0.4, 0.5) is 0 Å². The summed E-state index contributed by atoms with van der Waals surface area (Å²) in [6.45, 7) is 1.44. The SMILES string of the molecule is O=C(CCCNC(=O)C(=O)c1cn2c3c(cccc13)CCC2)NOCC1=CCCC=C1. The van der Waals surface area contributed by atoms with Gasteiger partial charge in [-0.1, -0.05) is 36.4 Å². The van der Waals surface area contributed by atoms with Gasteiger partial charge in [-0.2, -0.15) is 0 Å². The van der Waals surface area contributed by atoms with Crippen molar-refractivity contribution in [2.75, 3.05) is 13.2 Å². The van der Waals surface area contributed by atoms with Crippen LogP contribution in [-0.4, -0.2) is 35.3 Å². The highest BCUT2D eigenvalue weighted by Gasteiger charge is 2.23. The maximum atomic E-state index is 12.7. The first-order valence-corrected chi connectivity index (χ1v) is 10.8. The van der Waals surface area contributed by atoms with E-state index in [0.717, 1.165) is 48.7 Å². The van der Waals surface area contributed by atoms with Gasteiger partial charge in [0.15, 0.2) is 0 Å². The smallest absolute Gasteiger partial charge is 0.292 e. The number of hydrogen-bond donors (Lipinski definition) is 2. The Labute approximate surface area is 181 Å². The quantitative estimate of drug-likeness (QED) is 0.282. The van der Waals surface area contributed by atoms with Gasteiger partial charge in [0.1, 0.15) is 0 Å². The van der Waals surface area contributed by atoms with Crippen molar-refractivity contribution in [3.05, 3.63) is 59.3 Å². The third kappa shape index (κ3) is 4.94. The number of aromatic nitrogens is 1. The first-order chi connectivity index (χ1) is 15.1. The molecule has 1 aliphatic heterocycles. The lowest BCUT2D eigenvalue weighted by Gasteiger charge is -2.14. The number of ketones is 1. The van der Waals surface area contributed by atoms with Crippen LogP contribution < -0.4 is 10.8 Å². The van der Waals surface area contributed by atoms with Crippen LogP contribution in [0.5, 0.6) is 0 Å². The fourth-order valence-electron chi connectivity index (χ4n) is 4.12. The molecule has 1 aromatic heterocycles. The molecule has 2 aromatic rings. The van der Waals surface area contributed by atoms with Gasteiger partial charge < -0.3 is 9.88 Å². The van der Waals surface area contributed by atoms with Gasteiger partial charge in [-0.15, -0.1) is 0 Å². The number of carbonyl (C=O) groups excluding carboxylic acids is 3. The fourth-order valence-corrected chi connectivity index (χ4v) is 4.12. The number of hydrogen-bond acceptors (Lipinski definition) is 4. The Morgan fingerprint density at radius 3 is 2.90 bits per heavy atom. The topological polar surface area (TPSA) is 89.4 Å². The lowest BCUT2D eigenvalue weighted by Crippen LogP contribution is -2.32. The van der Waals surface area contributed by atoms with Crippen LogP contribution in [0.15, 0.2) is 48.2 Å². The van der Waals surface area contributed by atoms with E-state index in [9.17, 15) is 14.4 Å². The van der Waals surface area contributed by atoms with Crippen molar-refractivity contribution < 1.29 is 19.2 Å². The number of amides is 2.